The molecule has 2 rings (SSSR count). The molecule has 0 aromatic heterocycles. The zero-order valence-electron chi connectivity index (χ0n) is 10.7. The van der Waals surface area contributed by atoms with Crippen molar-refractivity contribution in [1.29, 1.82) is 0 Å². The zero-order valence-corrected chi connectivity index (χ0v) is 11.5. The van der Waals surface area contributed by atoms with E-state index < -0.39 is 0 Å². The minimum absolute atomic E-state index is 0.740. The van der Waals surface area contributed by atoms with Gasteiger partial charge in [-0.15, -0.1) is 0 Å². The van der Waals surface area contributed by atoms with Crippen molar-refractivity contribution in [3.63, 3.8) is 0 Å². The largest absolute Gasteiger partial charge is 0.313 e. The third kappa shape index (κ3) is 5.09. The van der Waals surface area contributed by atoms with Gasteiger partial charge in [-0.3, -0.25) is 0 Å². The van der Waals surface area contributed by atoms with Crippen LogP contribution in [-0.4, -0.2) is 24.1 Å². The molecule has 0 saturated heterocycles. The molecule has 0 amide bonds. The van der Waals surface area contributed by atoms with Crippen LogP contribution in [0.1, 0.15) is 51.9 Å². The first kappa shape index (κ1) is 12.8. The molecule has 0 radical (unpaired) electrons. The van der Waals surface area contributed by atoms with E-state index in [0.717, 1.165) is 17.9 Å². The van der Waals surface area contributed by atoms with Crippen molar-refractivity contribution in [2.45, 2.75) is 57.9 Å². The number of hydrogen-bond acceptors (Lipinski definition) is 2. The summed E-state index contributed by atoms with van der Waals surface area (Å²) in [6.45, 7) is 3.58. The molecule has 2 saturated carbocycles. The summed E-state index contributed by atoms with van der Waals surface area (Å²) in [7, 11) is 0. The van der Waals surface area contributed by atoms with E-state index in [1.807, 2.05) is 0 Å². The van der Waals surface area contributed by atoms with E-state index in [2.05, 4.69) is 24.0 Å². The second kappa shape index (κ2) is 6.90. The van der Waals surface area contributed by atoms with Gasteiger partial charge in [-0.25, -0.2) is 0 Å². The van der Waals surface area contributed by atoms with Crippen molar-refractivity contribution >= 4 is 11.8 Å². The van der Waals surface area contributed by atoms with E-state index in [9.17, 15) is 0 Å². The van der Waals surface area contributed by atoms with Crippen LogP contribution in [0, 0.1) is 11.8 Å². The molecule has 2 fully saturated rings. The van der Waals surface area contributed by atoms with Gasteiger partial charge in [0.25, 0.3) is 0 Å². The molecule has 0 bridgehead atoms. The Bertz CT molecular complexity index is 185. The lowest BCUT2D eigenvalue weighted by molar-refractivity contribution is 0.412. The summed E-state index contributed by atoms with van der Waals surface area (Å²) in [5.74, 6) is 4.84. The lowest BCUT2D eigenvalue weighted by Gasteiger charge is -2.17. The van der Waals surface area contributed by atoms with Crippen molar-refractivity contribution in [3.05, 3.63) is 0 Å². The molecule has 0 aliphatic heterocycles. The second-order valence-electron chi connectivity index (χ2n) is 5.76. The van der Waals surface area contributed by atoms with Crippen LogP contribution in [-0.2, 0) is 0 Å². The van der Waals surface area contributed by atoms with Gasteiger partial charge < -0.3 is 5.32 Å². The van der Waals surface area contributed by atoms with Crippen LogP contribution >= 0.6 is 11.8 Å². The van der Waals surface area contributed by atoms with E-state index in [4.69, 9.17) is 0 Å². The molecule has 2 aliphatic rings. The summed E-state index contributed by atoms with van der Waals surface area (Å²) in [5, 5.41) is 3.68. The van der Waals surface area contributed by atoms with Gasteiger partial charge in [-0.2, -0.15) is 11.8 Å². The van der Waals surface area contributed by atoms with Crippen molar-refractivity contribution in [1.82, 2.24) is 5.32 Å². The monoisotopic (exact) mass is 241 g/mol. The van der Waals surface area contributed by atoms with Crippen LogP contribution in [0.2, 0.25) is 0 Å². The van der Waals surface area contributed by atoms with Crippen molar-refractivity contribution in [2.24, 2.45) is 11.8 Å². The minimum atomic E-state index is 0.740. The van der Waals surface area contributed by atoms with Gasteiger partial charge in [-0.05, 0) is 43.8 Å². The SMILES string of the molecule is CC(CC1CCCC1)NCCSCC1CC1. The van der Waals surface area contributed by atoms with Crippen molar-refractivity contribution in [2.75, 3.05) is 18.1 Å². The van der Waals surface area contributed by atoms with E-state index in [0.29, 0.717) is 0 Å². The molecule has 0 aromatic rings. The van der Waals surface area contributed by atoms with Crippen molar-refractivity contribution in [3.8, 4) is 0 Å². The summed E-state index contributed by atoms with van der Waals surface area (Å²) < 4.78 is 0. The van der Waals surface area contributed by atoms with Crippen molar-refractivity contribution < 1.29 is 0 Å². The fourth-order valence-corrected chi connectivity index (χ4v) is 3.84. The fourth-order valence-electron chi connectivity index (χ4n) is 2.74. The van der Waals surface area contributed by atoms with Crippen LogP contribution in [0.15, 0.2) is 0 Å². The highest BCUT2D eigenvalue weighted by Gasteiger charge is 2.20. The lowest BCUT2D eigenvalue weighted by Crippen LogP contribution is -2.29. The summed E-state index contributed by atoms with van der Waals surface area (Å²) in [6, 6.07) is 0.740. The Balaban J connectivity index is 1.41. The smallest absolute Gasteiger partial charge is 0.00583 e. The fraction of sp³-hybridized carbons (Fsp3) is 1.00. The molecule has 0 heterocycles. The Morgan fingerprint density at radius 2 is 1.88 bits per heavy atom. The number of nitrogens with one attached hydrogen (secondary N) is 1. The average Bonchev–Trinajstić information content (AvgIpc) is 2.95. The molecular weight excluding hydrogens is 214 g/mol. The Morgan fingerprint density at radius 3 is 2.56 bits per heavy atom. The van der Waals surface area contributed by atoms with Crippen LogP contribution in [0.25, 0.3) is 0 Å². The predicted octanol–water partition coefficient (Wildman–Crippen LogP) is 3.69. The molecule has 2 aliphatic carbocycles. The number of rotatable bonds is 8. The highest BCUT2D eigenvalue weighted by atomic mass is 32.2. The van der Waals surface area contributed by atoms with Gasteiger partial charge in [0.15, 0.2) is 0 Å². The maximum absolute atomic E-state index is 3.68. The lowest BCUT2D eigenvalue weighted by atomic mass is 9.99. The summed E-state index contributed by atoms with van der Waals surface area (Å²) in [4.78, 5) is 0. The maximum Gasteiger partial charge on any atom is 0.00583 e. The molecule has 16 heavy (non-hydrogen) atoms. The first-order valence-corrected chi connectivity index (χ1v) is 8.31. The molecule has 0 aromatic carbocycles. The molecule has 1 unspecified atom stereocenters. The van der Waals surface area contributed by atoms with E-state index in [1.165, 1.54) is 63.0 Å². The standard InChI is InChI=1S/C14H27NS/c1-12(10-13-4-2-3-5-13)15-8-9-16-11-14-6-7-14/h12-15H,2-11H2,1H3. The molecule has 1 N–H and O–H groups in total. The van der Waals surface area contributed by atoms with Crippen LogP contribution < -0.4 is 5.32 Å². The van der Waals surface area contributed by atoms with Crippen LogP contribution in [0.5, 0.6) is 0 Å². The normalized spacial score (nSPS) is 23.8. The molecule has 0 spiro atoms. The Kier molecular flexibility index (Phi) is 5.51. The summed E-state index contributed by atoms with van der Waals surface area (Å²) in [5.41, 5.74) is 0. The Hall–Kier alpha value is 0.310. The highest BCUT2D eigenvalue weighted by molar-refractivity contribution is 7.99. The molecule has 94 valence electrons. The Morgan fingerprint density at radius 1 is 1.12 bits per heavy atom. The van der Waals surface area contributed by atoms with Gasteiger partial charge in [-0.1, -0.05) is 25.7 Å². The van der Waals surface area contributed by atoms with Gasteiger partial charge in [0.05, 0.1) is 0 Å². The quantitative estimate of drug-likeness (QED) is 0.651. The maximum atomic E-state index is 3.68. The van der Waals surface area contributed by atoms with E-state index in [1.54, 1.807) is 0 Å². The van der Waals surface area contributed by atoms with Gasteiger partial charge >= 0.3 is 0 Å². The first-order chi connectivity index (χ1) is 7.84. The van der Waals surface area contributed by atoms with Gasteiger partial charge in [0.1, 0.15) is 0 Å². The number of thioether (sulfide) groups is 1. The summed E-state index contributed by atoms with van der Waals surface area (Å²) in [6.07, 6.45) is 10.3. The second-order valence-corrected chi connectivity index (χ2v) is 6.91. The number of hydrogen-bond donors (Lipinski definition) is 1. The first-order valence-electron chi connectivity index (χ1n) is 7.15. The molecule has 1 nitrogen and oxygen atoms in total. The van der Waals surface area contributed by atoms with Crippen LogP contribution in [0.4, 0.5) is 0 Å². The molecule has 2 heteroatoms. The topological polar surface area (TPSA) is 12.0 Å². The third-order valence-corrected chi connectivity index (χ3v) is 5.15. The zero-order chi connectivity index (χ0) is 11.2. The van der Waals surface area contributed by atoms with Gasteiger partial charge in [0, 0.05) is 18.3 Å². The Labute approximate surface area is 105 Å². The van der Waals surface area contributed by atoms with E-state index in [-0.39, 0.29) is 0 Å². The van der Waals surface area contributed by atoms with Gasteiger partial charge in [0.2, 0.25) is 0 Å². The molecular formula is C14H27NS. The predicted molar refractivity (Wildman–Crippen MR) is 74.1 cm³/mol. The highest BCUT2D eigenvalue weighted by Crippen LogP contribution is 2.32. The molecule has 1 atom stereocenters. The van der Waals surface area contributed by atoms with E-state index >= 15 is 0 Å². The third-order valence-electron chi connectivity index (χ3n) is 3.95. The summed E-state index contributed by atoms with van der Waals surface area (Å²) >= 11 is 2.15. The average molecular weight is 241 g/mol. The van der Waals surface area contributed by atoms with Crippen LogP contribution in [0.3, 0.4) is 0 Å². The minimum Gasteiger partial charge on any atom is -0.313 e.